The highest BCUT2D eigenvalue weighted by atomic mass is 16.5. The molecule has 4 heteroatoms. The maximum Gasteiger partial charge on any atom is 0.305 e. The summed E-state index contributed by atoms with van der Waals surface area (Å²) in [6.07, 6.45) is 9.20. The maximum atomic E-state index is 12.1. The molecule has 0 aliphatic heterocycles. The predicted octanol–water partition coefficient (Wildman–Crippen LogP) is 3.65. The number of aliphatic hydroxyl groups is 1. The fraction of sp³-hybridized carbons (Fsp3) is 0.889. The van der Waals surface area contributed by atoms with Crippen molar-refractivity contribution in [3.8, 4) is 0 Å². The first kappa shape index (κ1) is 17.5. The van der Waals surface area contributed by atoms with Crippen molar-refractivity contribution in [2.24, 2.45) is 11.8 Å². The van der Waals surface area contributed by atoms with Crippen LogP contribution in [0.1, 0.15) is 78.9 Å². The number of rotatable bonds is 11. The number of hydrogen-bond acceptors (Lipinski definition) is 4. The van der Waals surface area contributed by atoms with Crippen LogP contribution in [-0.4, -0.2) is 30.0 Å². The van der Waals surface area contributed by atoms with E-state index in [1.165, 1.54) is 6.42 Å². The maximum absolute atomic E-state index is 12.1. The molecule has 0 aromatic heterocycles. The van der Waals surface area contributed by atoms with Gasteiger partial charge in [-0.2, -0.15) is 0 Å². The summed E-state index contributed by atoms with van der Waals surface area (Å²) >= 11 is 0. The molecule has 0 spiro atoms. The van der Waals surface area contributed by atoms with Gasteiger partial charge in [-0.05, 0) is 25.2 Å². The van der Waals surface area contributed by atoms with E-state index >= 15 is 0 Å². The van der Waals surface area contributed by atoms with Gasteiger partial charge in [-0.25, -0.2) is 0 Å². The van der Waals surface area contributed by atoms with Crippen LogP contribution in [0.2, 0.25) is 0 Å². The molecule has 1 rings (SSSR count). The molecule has 1 N–H and O–H groups in total. The van der Waals surface area contributed by atoms with Crippen molar-refractivity contribution in [1.82, 2.24) is 0 Å². The summed E-state index contributed by atoms with van der Waals surface area (Å²) in [6, 6.07) is 0. The third-order valence-electron chi connectivity index (χ3n) is 4.78. The summed E-state index contributed by atoms with van der Waals surface area (Å²) in [5, 5.41) is 10.1. The molecule has 0 saturated heterocycles. The first-order chi connectivity index (χ1) is 11.1. The molecule has 0 aromatic carbocycles. The Morgan fingerprint density at radius 1 is 1.23 bits per heavy atom. The molecular formula is C18H32O4. The molecule has 0 amide bonds. The zero-order valence-corrected chi connectivity index (χ0v) is 13.9. The lowest BCUT2D eigenvalue weighted by atomic mass is 9.85. The highest BCUT2D eigenvalue weighted by Crippen LogP contribution is 2.36. The van der Waals surface area contributed by atoms with E-state index in [0.29, 0.717) is 12.8 Å². The van der Waals surface area contributed by atoms with Gasteiger partial charge in [0.2, 0.25) is 0 Å². The van der Waals surface area contributed by atoms with Crippen LogP contribution in [0, 0.1) is 11.8 Å². The van der Waals surface area contributed by atoms with Crippen molar-refractivity contribution in [2.45, 2.75) is 83.7 Å². The van der Waals surface area contributed by atoms with Gasteiger partial charge in [-0.3, -0.25) is 9.59 Å². The zero-order valence-electron chi connectivity index (χ0n) is 14.9. The van der Waals surface area contributed by atoms with E-state index < -0.39 is 6.10 Å². The van der Waals surface area contributed by atoms with Gasteiger partial charge in [-0.15, -0.1) is 0 Å². The number of hydrogen-bond donors (Lipinski definition) is 1. The highest BCUT2D eigenvalue weighted by Gasteiger charge is 2.40. The summed E-state index contributed by atoms with van der Waals surface area (Å²) in [5.74, 6) is 0.124. The second-order valence-corrected chi connectivity index (χ2v) is 6.47. The van der Waals surface area contributed by atoms with E-state index in [0.717, 1.165) is 51.4 Å². The van der Waals surface area contributed by atoms with Gasteiger partial charge in [0.15, 0.2) is 0 Å². The minimum absolute atomic E-state index is 0.0372. The second-order valence-electron chi connectivity index (χ2n) is 6.47. The summed E-state index contributed by atoms with van der Waals surface area (Å²) in [6.45, 7) is 2.16. The van der Waals surface area contributed by atoms with E-state index in [-0.39, 0.29) is 30.7 Å². The number of ketones is 1. The van der Waals surface area contributed by atoms with Gasteiger partial charge in [-0.1, -0.05) is 45.4 Å². The van der Waals surface area contributed by atoms with Crippen LogP contribution < -0.4 is 0 Å². The van der Waals surface area contributed by atoms with Gasteiger partial charge >= 0.3 is 5.97 Å². The normalized spacial score (nSPS) is 25.3. The number of esters is 1. The van der Waals surface area contributed by atoms with Crippen LogP contribution in [0.3, 0.4) is 0 Å². The van der Waals surface area contributed by atoms with Crippen LogP contribution in [-0.2, 0) is 14.3 Å². The first-order valence-electron chi connectivity index (χ1n) is 9.46. The number of carbonyl (C=O) groups is 2. The monoisotopic (exact) mass is 313 g/mol. The van der Waals surface area contributed by atoms with E-state index in [1.807, 2.05) is 0 Å². The fourth-order valence-corrected chi connectivity index (χ4v) is 3.47. The molecule has 0 bridgehead atoms. The fourth-order valence-electron chi connectivity index (χ4n) is 3.47. The van der Waals surface area contributed by atoms with Gasteiger partial charge in [0, 0.05) is 18.8 Å². The Labute approximate surface area is 136 Å². The lowest BCUT2D eigenvalue weighted by molar-refractivity contribution is -0.140. The molecule has 4 nitrogen and oxygen atoms in total. The van der Waals surface area contributed by atoms with Crippen molar-refractivity contribution >= 4 is 11.8 Å². The molecule has 3 atom stereocenters. The summed E-state index contributed by atoms with van der Waals surface area (Å²) < 4.78 is 11.4. The number of methoxy groups -OCH3 is 1. The molecule has 3 unspecified atom stereocenters. The number of carbonyl (C=O) groups excluding carboxylic acids is 2. The lowest BCUT2D eigenvalue weighted by Gasteiger charge is -2.20. The molecule has 0 aromatic rings. The molecule has 128 valence electrons. The molecule has 1 aliphatic carbocycles. The Morgan fingerprint density at radius 2 is 1.95 bits per heavy atom. The Balaban J connectivity index is 2.20. The number of Topliss-reactive ketones (excluding diaryl/α,β-unsaturated/α-hetero) is 1. The quantitative estimate of drug-likeness (QED) is 0.467. The lowest BCUT2D eigenvalue weighted by Crippen LogP contribution is -2.20. The van der Waals surface area contributed by atoms with Crippen LogP contribution in [0.15, 0.2) is 0 Å². The van der Waals surface area contributed by atoms with Crippen molar-refractivity contribution in [2.75, 3.05) is 7.09 Å². The van der Waals surface area contributed by atoms with Crippen LogP contribution in [0.5, 0.6) is 0 Å². The molecule has 22 heavy (non-hydrogen) atoms. The molecule has 0 heterocycles. The number of unbranched alkanes of at least 4 members (excludes halogenated alkanes) is 5. The van der Waals surface area contributed by atoms with E-state index in [1.54, 1.807) is 0 Å². The minimum Gasteiger partial charge on any atom is -0.469 e. The number of aliphatic hydroxyl groups excluding tert-OH is 1. The van der Waals surface area contributed by atoms with Gasteiger partial charge in [0.05, 0.1) is 14.6 Å². The van der Waals surface area contributed by atoms with Gasteiger partial charge in [0.25, 0.3) is 0 Å². The van der Waals surface area contributed by atoms with Crippen LogP contribution in [0.25, 0.3) is 0 Å². The Morgan fingerprint density at radius 3 is 2.68 bits per heavy atom. The zero-order chi connectivity index (χ0) is 17.1. The Bertz CT molecular complexity index is 359. The smallest absolute Gasteiger partial charge is 0.305 e. The Kier molecular flexibility index (Phi) is 8.54. The van der Waals surface area contributed by atoms with Gasteiger partial charge < -0.3 is 9.84 Å². The summed E-state index contributed by atoms with van der Waals surface area (Å²) in [7, 11) is -0.301. The highest BCUT2D eigenvalue weighted by molar-refractivity contribution is 5.84. The van der Waals surface area contributed by atoms with Gasteiger partial charge in [0.1, 0.15) is 5.78 Å². The average molecular weight is 313 g/mol. The number of ether oxygens (including phenoxy) is 1. The molecular weight excluding hydrogens is 280 g/mol. The Hall–Kier alpha value is -0.900. The van der Waals surface area contributed by atoms with Crippen molar-refractivity contribution in [3.63, 3.8) is 0 Å². The van der Waals surface area contributed by atoms with E-state index in [9.17, 15) is 14.7 Å². The van der Waals surface area contributed by atoms with E-state index in [4.69, 9.17) is 1.37 Å². The largest absolute Gasteiger partial charge is 0.469 e. The standard InChI is InChI=1S/C18H32O4/c1-3-4-7-10-14-15(17(20)13-16(14)19)11-8-5-6-9-12-18(21)22-2/h14-16,19H,3-13H2,1-2H3/i2D. The first-order valence-corrected chi connectivity index (χ1v) is 8.75. The molecule has 1 fully saturated rings. The summed E-state index contributed by atoms with van der Waals surface area (Å²) in [4.78, 5) is 23.2. The van der Waals surface area contributed by atoms with Crippen molar-refractivity contribution in [3.05, 3.63) is 0 Å². The third kappa shape index (κ3) is 6.47. The SMILES string of the molecule is [2H]COC(=O)CCCCCCC1C(=O)CC(O)C1CCCCC. The molecule has 1 aliphatic rings. The van der Waals surface area contributed by atoms with E-state index in [2.05, 4.69) is 11.7 Å². The predicted molar refractivity (Wildman–Crippen MR) is 86.5 cm³/mol. The van der Waals surface area contributed by atoms with Crippen molar-refractivity contribution in [1.29, 1.82) is 0 Å². The molecule has 0 radical (unpaired) electrons. The second kappa shape index (κ2) is 10.8. The third-order valence-corrected chi connectivity index (χ3v) is 4.78. The van der Waals surface area contributed by atoms with Crippen LogP contribution in [0.4, 0.5) is 0 Å². The topological polar surface area (TPSA) is 63.6 Å². The minimum atomic E-state index is -0.441. The average Bonchev–Trinajstić information content (AvgIpc) is 2.77. The van der Waals surface area contributed by atoms with Crippen molar-refractivity contribution < 1.29 is 20.8 Å². The molecule has 1 saturated carbocycles. The summed E-state index contributed by atoms with van der Waals surface area (Å²) in [5.41, 5.74) is 0. The van der Waals surface area contributed by atoms with Crippen LogP contribution >= 0.6 is 0 Å².